The number of benzene rings is 4. The molecule has 2 fully saturated rings. The Hall–Kier alpha value is -3.22. The minimum Gasteiger partial charge on any atom is -0.416 e. The van der Waals surface area contributed by atoms with E-state index in [1.54, 1.807) is 23.5 Å². The summed E-state index contributed by atoms with van der Waals surface area (Å²) in [7, 11) is -1.67. The van der Waals surface area contributed by atoms with E-state index in [-0.39, 0.29) is 61.5 Å². The fraction of sp³-hybridized carbons (Fsp3) is 0.690. The van der Waals surface area contributed by atoms with Gasteiger partial charge in [0, 0.05) is 83.0 Å². The second-order valence-corrected chi connectivity index (χ2v) is 67.4. The number of carbonyl (C=O) groups is 4. The number of thioether (sulfide) groups is 8. The minimum atomic E-state index is -1.67. The lowest BCUT2D eigenvalue weighted by molar-refractivity contribution is -0.235. The van der Waals surface area contributed by atoms with Gasteiger partial charge in [0.1, 0.15) is 12.6 Å². The topological polar surface area (TPSA) is 135 Å². The van der Waals surface area contributed by atoms with E-state index in [9.17, 15) is 19.2 Å². The van der Waals surface area contributed by atoms with Gasteiger partial charge >= 0.3 is 0 Å². The van der Waals surface area contributed by atoms with Gasteiger partial charge in [-0.3, -0.25) is 19.2 Å². The van der Waals surface area contributed by atoms with Gasteiger partial charge in [-0.15, -0.1) is 70.6 Å². The van der Waals surface area contributed by atoms with Crippen molar-refractivity contribution in [3.8, 4) is 0 Å². The van der Waals surface area contributed by atoms with Crippen molar-refractivity contribution in [1.29, 1.82) is 0 Å². The van der Waals surface area contributed by atoms with Crippen LogP contribution in [-0.4, -0.2) is 122 Å². The van der Waals surface area contributed by atoms with Crippen LogP contribution >= 0.6 is 94.1 Å². The van der Waals surface area contributed by atoms with Crippen molar-refractivity contribution in [2.24, 2.45) is 65.0 Å². The summed E-state index contributed by atoms with van der Waals surface area (Å²) in [6.07, 6.45) is 26.4. The maximum absolute atomic E-state index is 12.4. The van der Waals surface area contributed by atoms with Gasteiger partial charge in [0.2, 0.25) is 10.2 Å². The van der Waals surface area contributed by atoms with Crippen LogP contribution in [0, 0.1) is 65.0 Å². The number of ether oxygens (including phenoxy) is 4. The second kappa shape index (κ2) is 72.7. The average molecular weight is 2220 g/mol. The van der Waals surface area contributed by atoms with Crippen molar-refractivity contribution < 1.29 is 47.7 Å². The van der Waals surface area contributed by atoms with Gasteiger partial charge in [0.25, 0.3) is 0 Å². The first kappa shape index (κ1) is 147. The van der Waals surface area contributed by atoms with E-state index in [0.717, 1.165) is 173 Å². The van der Waals surface area contributed by atoms with Crippen molar-refractivity contribution in [2.75, 3.05) is 85.7 Å². The molecule has 4 aromatic carbocycles. The van der Waals surface area contributed by atoms with Crippen LogP contribution in [0.3, 0.4) is 0 Å². The summed E-state index contributed by atoms with van der Waals surface area (Å²) < 4.78 is 30.2. The highest BCUT2D eigenvalue weighted by Gasteiger charge is 2.40. The molecule has 0 amide bonds. The van der Waals surface area contributed by atoms with Crippen molar-refractivity contribution >= 4 is 135 Å². The molecule has 0 aliphatic carbocycles. The maximum Gasteiger partial charge on any atom is 0.219 e. The van der Waals surface area contributed by atoms with Crippen LogP contribution in [0.5, 0.6) is 0 Å². The van der Waals surface area contributed by atoms with Crippen molar-refractivity contribution in [2.45, 2.75) is 422 Å². The first-order valence-electron chi connectivity index (χ1n) is 55.3. The number of allylic oxidation sites excluding steroid dienone is 2. The van der Waals surface area contributed by atoms with Crippen LogP contribution in [0.2, 0.25) is 18.1 Å². The molecule has 0 atom stereocenters. The van der Waals surface area contributed by atoms with E-state index >= 15 is 0 Å². The Morgan fingerprint density at radius 2 is 0.608 bits per heavy atom. The molecule has 0 radical (unpaired) electrons. The van der Waals surface area contributed by atoms with Gasteiger partial charge in [-0.1, -0.05) is 435 Å². The third-order valence-corrected chi connectivity index (χ3v) is 39.8. The molecule has 148 heavy (non-hydrogen) atoms. The Kier molecular flexibility index (Phi) is 72.1. The van der Waals surface area contributed by atoms with Gasteiger partial charge in [-0.05, 0) is 243 Å². The molecule has 0 aromatic heterocycles. The summed E-state index contributed by atoms with van der Waals surface area (Å²) in [5.74, 6) is 8.67. The summed E-state index contributed by atoms with van der Waals surface area (Å²) >= 11 is 13.9. The van der Waals surface area contributed by atoms with Gasteiger partial charge in [-0.25, -0.2) is 0 Å². The zero-order chi connectivity index (χ0) is 114. The predicted octanol–water partition coefficient (Wildman–Crippen LogP) is 42.3. The van der Waals surface area contributed by atoms with Crippen LogP contribution in [0.15, 0.2) is 156 Å². The maximum atomic E-state index is 12.4. The molecule has 10 nitrogen and oxygen atoms in total. The van der Waals surface area contributed by atoms with Crippen LogP contribution in [0.25, 0.3) is 9.81 Å². The Morgan fingerprint density at radius 1 is 0.351 bits per heavy atom. The molecule has 2 saturated heterocycles. The van der Waals surface area contributed by atoms with Crippen LogP contribution in [0.1, 0.15) is 467 Å². The highest BCUT2D eigenvalue weighted by molar-refractivity contribution is 8.14. The van der Waals surface area contributed by atoms with E-state index in [4.69, 9.17) is 28.5 Å². The predicted molar refractivity (Wildman–Crippen MR) is 678 cm³/mol. The fourth-order valence-corrected chi connectivity index (χ4v) is 23.0. The molecule has 4 aromatic rings. The molecule has 19 heteroatoms. The SMILES string of the molecule is C=C(C)SCCCCC(C)(C)C.C=C(CC)SCCCCC(C)(C)C.C=C(SCCC(C)(C)C)C(C)(C)CO.C=C(SCCC(C)(C)C)C(C)(C)CO[Si](C)(C)C(C)(C)C.C=C(SCCC(C)(C)C)c1ccc(C=O)cc1.C=C(SCCCCC(C)(C)C)c1ccc(C=O)cc1.CCC1(CC)COC(c2ccc(C(=O)SCCC(C)(C)C)cc2)OC1.CCC1(CC)COC(c2ccc(C(=O)SCCCCC(C)(C)C)cc2)OC1. The normalized spacial score (nSPS) is 14.3. The first-order chi connectivity index (χ1) is 68.1. The van der Waals surface area contributed by atoms with Crippen molar-refractivity contribution in [3.05, 3.63) is 201 Å². The Labute approximate surface area is 947 Å². The summed E-state index contributed by atoms with van der Waals surface area (Å²) in [5, 5.41) is 9.71. The molecule has 0 spiro atoms. The monoisotopic (exact) mass is 2210 g/mol. The lowest BCUT2D eigenvalue weighted by Gasteiger charge is -2.39. The van der Waals surface area contributed by atoms with Gasteiger partial charge in [0.05, 0.1) is 33.0 Å². The number of carbonyl (C=O) groups excluding carboxylic acids is 4. The summed E-state index contributed by atoms with van der Waals surface area (Å²) in [6.45, 7) is 116. The highest BCUT2D eigenvalue weighted by Crippen LogP contribution is 2.45. The van der Waals surface area contributed by atoms with Crippen LogP contribution in [-0.2, 0) is 23.4 Å². The lowest BCUT2D eigenvalue weighted by atomic mass is 9.83. The first-order valence-corrected chi connectivity index (χ1v) is 66.1. The number of unbranched alkanes of at least 4 members (excludes halogenated alkanes) is 4. The quantitative estimate of drug-likeness (QED) is 0.0255. The van der Waals surface area contributed by atoms with Gasteiger partial charge in [0.15, 0.2) is 20.9 Å². The summed E-state index contributed by atoms with van der Waals surface area (Å²) in [4.78, 5) is 52.8. The lowest BCUT2D eigenvalue weighted by Crippen LogP contribution is -2.43. The molecule has 1 N–H and O–H groups in total. The minimum absolute atomic E-state index is 0.0398. The summed E-state index contributed by atoms with van der Waals surface area (Å²) in [6, 6.07) is 30.6. The fourth-order valence-electron chi connectivity index (χ4n) is 13.3. The molecule has 0 saturated carbocycles. The second-order valence-electron chi connectivity index (χ2n) is 53.0. The molecule has 0 unspecified atom stereocenters. The Morgan fingerprint density at radius 3 is 0.878 bits per heavy atom. The summed E-state index contributed by atoms with van der Waals surface area (Å²) in [5.41, 5.74) is 10.6. The molecular weight excluding hydrogens is 1990 g/mol. The van der Waals surface area contributed by atoms with E-state index in [1.165, 1.54) is 140 Å². The van der Waals surface area contributed by atoms with Crippen molar-refractivity contribution in [1.82, 2.24) is 0 Å². The molecule has 6 rings (SSSR count). The number of aldehydes is 2. The average Bonchev–Trinajstić information content (AvgIpc) is 0.809. The number of hydrogen-bond donors (Lipinski definition) is 1. The molecule has 2 aliphatic heterocycles. The van der Waals surface area contributed by atoms with E-state index < -0.39 is 8.32 Å². The highest BCUT2D eigenvalue weighted by atomic mass is 32.2. The molecule has 848 valence electrons. The molecule has 2 heterocycles. The molecular formula is C129H220O10S8Si. The van der Waals surface area contributed by atoms with Crippen LogP contribution < -0.4 is 0 Å². The van der Waals surface area contributed by atoms with E-state index in [1.807, 2.05) is 158 Å². The number of aliphatic hydroxyl groups is 1. The molecule has 2 aliphatic rings. The van der Waals surface area contributed by atoms with Gasteiger partial charge < -0.3 is 28.5 Å². The zero-order valence-corrected chi connectivity index (χ0v) is 109. The Bertz CT molecular complexity index is 4340. The third-order valence-electron chi connectivity index (χ3n) is 26.6. The number of hydrogen-bond acceptors (Lipinski definition) is 18. The number of aliphatic hydroxyl groups excluding tert-OH is 1. The van der Waals surface area contributed by atoms with E-state index in [2.05, 4.69) is 295 Å². The number of rotatable bonds is 49. The Balaban J connectivity index is 0. The standard InChI is InChI=1S/C23H36O3S.C21H32O3S.C18H38OSSi.C17H24OS.C15H20OS.C12H24OS.C12H24S.C11H22S/c1-6-23(7-2)16-25-21(26-17-23)19-12-10-18(11-13-19)20(24)27-15-9-8-14-22(3,4)5;1-6-21(7-2)14-23-19(24-15-21)17-10-8-16(9-11-17)18(22)25-13-12-20(3,4)5;1-15(20-13-12-16(2,3)4)18(8,9)14-19-21(10,11)17(5,6)7;1-14(16-9-7-15(13-18)8-10-16)19-12-6-5-11-17(2,3)4;1-12(17-10-9-15(2,3)4)14-7-5-13(11-16)6-8-14;1-10(12(5,6)9-13)14-8-7-11(2,3)4;1-6-11(2)13-10-8-7-9-12(3,4)5;1-10(2)12-9-7-6-8-11(3,4)5/h10-13,21H,6-9,14-17H2,1-5H3;8-11,19H,6-7,12-15H2,1-5H3;1,12-14H2,2-11H3;7-10,13H,1,5-6,11-12H2,2-4H3;5-8,11H,1,9-10H2,2-4H3;13H,1,7-9H2,2-6H3;2,6-10H2,1,3-5H3;1,6-9H2,2-5H3. The van der Waals surface area contributed by atoms with Gasteiger partial charge in [-0.2, -0.15) is 0 Å². The third kappa shape index (κ3) is 73.4. The van der Waals surface area contributed by atoms with E-state index in [0.29, 0.717) is 49.0 Å². The largest absolute Gasteiger partial charge is 0.416 e. The van der Waals surface area contributed by atoms with Crippen LogP contribution in [0.4, 0.5) is 0 Å². The smallest absolute Gasteiger partial charge is 0.219 e. The van der Waals surface area contributed by atoms with Crippen molar-refractivity contribution in [3.63, 3.8) is 0 Å². The zero-order valence-electron chi connectivity index (χ0n) is 102. The molecule has 0 bridgehead atoms.